The summed E-state index contributed by atoms with van der Waals surface area (Å²) in [5, 5.41) is 2.78. The van der Waals surface area contributed by atoms with Gasteiger partial charge in [-0.3, -0.25) is 4.79 Å². The molecule has 0 aliphatic carbocycles. The van der Waals surface area contributed by atoms with Gasteiger partial charge >= 0.3 is 0 Å². The van der Waals surface area contributed by atoms with Crippen molar-refractivity contribution in [2.24, 2.45) is 5.92 Å². The van der Waals surface area contributed by atoms with Crippen LogP contribution < -0.4 is 5.32 Å². The van der Waals surface area contributed by atoms with Crippen LogP contribution >= 0.6 is 0 Å². The largest absolute Gasteiger partial charge is 0.346 e. The van der Waals surface area contributed by atoms with E-state index in [0.29, 0.717) is 12.8 Å². The van der Waals surface area contributed by atoms with Crippen LogP contribution in [0, 0.1) is 5.92 Å². The first-order valence-electron chi connectivity index (χ1n) is 6.46. The molecular weight excluding hydrogens is 226 g/mol. The van der Waals surface area contributed by atoms with Gasteiger partial charge in [0.2, 0.25) is 5.91 Å². The van der Waals surface area contributed by atoms with Crippen molar-refractivity contribution < 1.29 is 9.59 Å². The van der Waals surface area contributed by atoms with Gasteiger partial charge in [0.15, 0.2) is 0 Å². The Kier molecular flexibility index (Phi) is 6.12. The molecule has 0 bridgehead atoms. The zero-order valence-electron chi connectivity index (χ0n) is 11.1. The fraction of sp³-hybridized carbons (Fsp3) is 0.467. The van der Waals surface area contributed by atoms with E-state index in [9.17, 15) is 9.59 Å². The molecule has 0 aliphatic rings. The minimum Gasteiger partial charge on any atom is -0.346 e. The molecule has 98 valence electrons. The Labute approximate surface area is 109 Å². The van der Waals surface area contributed by atoms with Gasteiger partial charge in [-0.1, -0.05) is 50.6 Å². The topological polar surface area (TPSA) is 46.2 Å². The van der Waals surface area contributed by atoms with Crippen molar-refractivity contribution in [1.29, 1.82) is 0 Å². The highest BCUT2D eigenvalue weighted by molar-refractivity contribution is 5.79. The first kappa shape index (κ1) is 14.4. The minimum atomic E-state index is -0.363. The summed E-state index contributed by atoms with van der Waals surface area (Å²) >= 11 is 0. The fourth-order valence-corrected chi connectivity index (χ4v) is 1.72. The third kappa shape index (κ3) is 4.70. The molecule has 0 saturated carbocycles. The zero-order valence-corrected chi connectivity index (χ0v) is 11.1. The summed E-state index contributed by atoms with van der Waals surface area (Å²) in [7, 11) is 0. The lowest BCUT2D eigenvalue weighted by Crippen LogP contribution is -2.40. The number of nitrogens with one attached hydrogen (secondary N) is 1. The van der Waals surface area contributed by atoms with E-state index in [-0.39, 0.29) is 17.9 Å². The van der Waals surface area contributed by atoms with Gasteiger partial charge in [-0.25, -0.2) is 0 Å². The second kappa shape index (κ2) is 7.64. The molecule has 0 aliphatic heterocycles. The van der Waals surface area contributed by atoms with Crippen LogP contribution in [-0.4, -0.2) is 18.2 Å². The molecule has 2 atom stereocenters. The smallest absolute Gasteiger partial charge is 0.220 e. The Morgan fingerprint density at radius 2 is 2.00 bits per heavy atom. The molecule has 0 radical (unpaired) electrons. The van der Waals surface area contributed by atoms with Crippen LogP contribution in [-0.2, 0) is 16.0 Å². The average molecular weight is 247 g/mol. The molecule has 3 nitrogen and oxygen atoms in total. The van der Waals surface area contributed by atoms with E-state index in [4.69, 9.17) is 0 Å². The summed E-state index contributed by atoms with van der Waals surface area (Å²) in [5.74, 6) is 0.124. The van der Waals surface area contributed by atoms with Crippen LogP contribution in [0.3, 0.4) is 0 Å². The number of hydrogen-bond donors (Lipinski definition) is 1. The van der Waals surface area contributed by atoms with Crippen molar-refractivity contribution in [3.8, 4) is 0 Å². The molecular formula is C15H21NO2. The maximum absolute atomic E-state index is 11.7. The van der Waals surface area contributed by atoms with E-state index in [1.165, 1.54) is 0 Å². The summed E-state index contributed by atoms with van der Waals surface area (Å²) in [6.45, 7) is 3.98. The van der Waals surface area contributed by atoms with E-state index in [1.807, 2.05) is 44.2 Å². The van der Waals surface area contributed by atoms with Gasteiger partial charge in [-0.2, -0.15) is 0 Å². The number of amides is 1. The molecule has 0 heterocycles. The second-order valence-electron chi connectivity index (χ2n) is 4.60. The molecule has 1 aromatic carbocycles. The highest BCUT2D eigenvalue weighted by Gasteiger charge is 2.16. The van der Waals surface area contributed by atoms with E-state index >= 15 is 0 Å². The lowest BCUT2D eigenvalue weighted by atomic mass is 10.00. The number of aldehydes is 1. The van der Waals surface area contributed by atoms with Gasteiger partial charge in [0.1, 0.15) is 6.29 Å². The predicted octanol–water partition coefficient (Wildman–Crippen LogP) is 2.35. The molecule has 0 aromatic heterocycles. The minimum absolute atomic E-state index is 0.0590. The number of carbonyl (C=O) groups excluding carboxylic acids is 2. The Bertz CT molecular complexity index is 375. The monoisotopic (exact) mass is 247 g/mol. The molecule has 0 saturated heterocycles. The van der Waals surface area contributed by atoms with Crippen LogP contribution in [0.15, 0.2) is 30.3 Å². The van der Waals surface area contributed by atoms with Gasteiger partial charge in [-0.15, -0.1) is 0 Å². The first-order chi connectivity index (χ1) is 8.67. The van der Waals surface area contributed by atoms with Gasteiger partial charge < -0.3 is 10.1 Å². The van der Waals surface area contributed by atoms with Crippen LogP contribution in [0.5, 0.6) is 0 Å². The fourth-order valence-electron chi connectivity index (χ4n) is 1.72. The Morgan fingerprint density at radius 1 is 1.33 bits per heavy atom. The van der Waals surface area contributed by atoms with Crippen LogP contribution in [0.1, 0.15) is 32.3 Å². The normalized spacial score (nSPS) is 13.7. The number of carbonyl (C=O) groups is 2. The molecule has 3 heteroatoms. The van der Waals surface area contributed by atoms with Crippen LogP contribution in [0.2, 0.25) is 0 Å². The lowest BCUT2D eigenvalue weighted by Gasteiger charge is -2.18. The van der Waals surface area contributed by atoms with Gasteiger partial charge in [-0.05, 0) is 17.9 Å². The van der Waals surface area contributed by atoms with Crippen molar-refractivity contribution in [2.45, 2.75) is 39.2 Å². The third-order valence-corrected chi connectivity index (χ3v) is 3.21. The SMILES string of the molecule is CCC(C)C(C=O)NC(=O)CCc1ccccc1. The van der Waals surface area contributed by atoms with Crippen LogP contribution in [0.25, 0.3) is 0 Å². The molecule has 1 rings (SSSR count). The van der Waals surface area contributed by atoms with Crippen LogP contribution in [0.4, 0.5) is 0 Å². The quantitative estimate of drug-likeness (QED) is 0.752. The third-order valence-electron chi connectivity index (χ3n) is 3.21. The summed E-state index contributed by atoms with van der Waals surface area (Å²) in [5.41, 5.74) is 1.14. The van der Waals surface area contributed by atoms with E-state index in [2.05, 4.69) is 5.32 Å². The van der Waals surface area contributed by atoms with Gasteiger partial charge in [0.05, 0.1) is 6.04 Å². The Morgan fingerprint density at radius 3 is 2.56 bits per heavy atom. The molecule has 1 N–H and O–H groups in total. The Balaban J connectivity index is 2.39. The standard InChI is InChI=1S/C15H21NO2/c1-3-12(2)14(11-17)16-15(18)10-9-13-7-5-4-6-8-13/h4-8,11-12,14H,3,9-10H2,1-2H3,(H,16,18). The number of hydrogen-bond acceptors (Lipinski definition) is 2. The highest BCUT2D eigenvalue weighted by Crippen LogP contribution is 2.07. The maximum atomic E-state index is 11.7. The predicted molar refractivity (Wildman–Crippen MR) is 72.2 cm³/mol. The summed E-state index contributed by atoms with van der Waals surface area (Å²) in [6, 6.07) is 9.51. The molecule has 0 fully saturated rings. The van der Waals surface area contributed by atoms with Gasteiger partial charge in [0.25, 0.3) is 0 Å². The van der Waals surface area contributed by atoms with E-state index in [1.54, 1.807) is 0 Å². The Hall–Kier alpha value is -1.64. The number of aryl methyl sites for hydroxylation is 1. The number of rotatable bonds is 7. The van der Waals surface area contributed by atoms with Crippen molar-refractivity contribution in [3.63, 3.8) is 0 Å². The molecule has 1 amide bonds. The molecule has 18 heavy (non-hydrogen) atoms. The summed E-state index contributed by atoms with van der Waals surface area (Å²) in [6.07, 6.45) is 2.83. The van der Waals surface area contributed by atoms with Crippen molar-refractivity contribution in [2.75, 3.05) is 0 Å². The van der Waals surface area contributed by atoms with Crippen molar-refractivity contribution in [1.82, 2.24) is 5.32 Å². The first-order valence-corrected chi connectivity index (χ1v) is 6.46. The zero-order chi connectivity index (χ0) is 13.4. The summed E-state index contributed by atoms with van der Waals surface area (Å²) in [4.78, 5) is 22.6. The maximum Gasteiger partial charge on any atom is 0.220 e. The molecule has 2 unspecified atom stereocenters. The molecule has 0 spiro atoms. The van der Waals surface area contributed by atoms with Gasteiger partial charge in [0, 0.05) is 6.42 Å². The van der Waals surface area contributed by atoms with Crippen molar-refractivity contribution >= 4 is 12.2 Å². The number of benzene rings is 1. The lowest BCUT2D eigenvalue weighted by molar-refractivity contribution is -0.124. The van der Waals surface area contributed by atoms with Crippen molar-refractivity contribution in [3.05, 3.63) is 35.9 Å². The second-order valence-corrected chi connectivity index (χ2v) is 4.60. The van der Waals surface area contributed by atoms with E-state index < -0.39 is 0 Å². The summed E-state index contributed by atoms with van der Waals surface area (Å²) < 4.78 is 0. The molecule has 1 aromatic rings. The highest BCUT2D eigenvalue weighted by atomic mass is 16.2. The van der Waals surface area contributed by atoms with E-state index in [0.717, 1.165) is 18.3 Å². The average Bonchev–Trinajstić information content (AvgIpc) is 2.42.